The minimum absolute atomic E-state index is 0.0514. The van der Waals surface area contributed by atoms with E-state index in [1.807, 2.05) is 48.5 Å². The number of hydrogen-bond donors (Lipinski definition) is 3. The highest BCUT2D eigenvalue weighted by molar-refractivity contribution is 8.00. The van der Waals surface area contributed by atoms with Gasteiger partial charge in [0.15, 0.2) is 22.3 Å². The Morgan fingerprint density at radius 3 is 1.88 bits per heavy atom. The fourth-order valence-corrected chi connectivity index (χ4v) is 12.8. The number of halogens is 1. The summed E-state index contributed by atoms with van der Waals surface area (Å²) in [6, 6.07) is 24.1. The van der Waals surface area contributed by atoms with Crippen molar-refractivity contribution >= 4 is 81.3 Å². The third kappa shape index (κ3) is 16.5. The largest absolute Gasteiger partial charge is 0.497 e. The van der Waals surface area contributed by atoms with Crippen LogP contribution in [0.25, 0.3) is 0 Å². The van der Waals surface area contributed by atoms with Crippen LogP contribution in [0.3, 0.4) is 0 Å². The fraction of sp³-hybridized carbons (Fsp3) is 0.446. The van der Waals surface area contributed by atoms with E-state index < -0.39 is 69.3 Å². The Balaban J connectivity index is 0.965. The summed E-state index contributed by atoms with van der Waals surface area (Å²) in [5, 5.41) is 13.7. The number of methoxy groups -OCH3 is 3. The number of aromatic nitrogens is 1. The number of β-lactam (4-membered cyclic amide) rings is 1. The summed E-state index contributed by atoms with van der Waals surface area (Å²) in [6.07, 6.45) is 2.37. The average molecular weight is 1300 g/mol. The van der Waals surface area contributed by atoms with Gasteiger partial charge in [0.2, 0.25) is 5.60 Å². The van der Waals surface area contributed by atoms with E-state index >= 15 is 0 Å². The summed E-state index contributed by atoms with van der Waals surface area (Å²) in [5.74, 6) is -0.496. The van der Waals surface area contributed by atoms with E-state index in [4.69, 9.17) is 54.3 Å². The first kappa shape index (κ1) is 66.4. The van der Waals surface area contributed by atoms with Crippen LogP contribution in [0.4, 0.5) is 9.93 Å². The number of hydrogen-bond acceptors (Lipinski definition) is 19. The van der Waals surface area contributed by atoms with Crippen LogP contribution in [0.15, 0.2) is 107 Å². The van der Waals surface area contributed by atoms with E-state index in [2.05, 4.69) is 26.1 Å². The first-order chi connectivity index (χ1) is 42.7. The van der Waals surface area contributed by atoms with Gasteiger partial charge in [0.05, 0.1) is 50.5 Å². The molecular formula is C65H77ClN7O15S2+. The van der Waals surface area contributed by atoms with Crippen LogP contribution >= 0.6 is 34.7 Å². The zero-order valence-corrected chi connectivity index (χ0v) is 54.8. The zero-order valence-electron chi connectivity index (χ0n) is 52.4. The molecule has 90 heavy (non-hydrogen) atoms. The number of likely N-dealkylation sites (tertiary alicyclic amines) is 1. The van der Waals surface area contributed by atoms with E-state index in [1.165, 1.54) is 35.9 Å². The molecule has 0 spiro atoms. The molecule has 9 rings (SSSR count). The number of esters is 2. The third-order valence-corrected chi connectivity index (χ3v) is 17.7. The molecule has 3 N–H and O–H groups in total. The summed E-state index contributed by atoms with van der Waals surface area (Å²) < 4.78 is 46.2. The minimum atomic E-state index is -1.70. The van der Waals surface area contributed by atoms with Gasteiger partial charge in [-0.2, -0.15) is 0 Å². The van der Waals surface area contributed by atoms with Gasteiger partial charge in [0.25, 0.3) is 17.7 Å². The van der Waals surface area contributed by atoms with Crippen molar-refractivity contribution in [3.63, 3.8) is 0 Å². The Hall–Kier alpha value is -8.06. The molecule has 25 heteroatoms. The molecule has 1 aliphatic carbocycles. The maximum absolute atomic E-state index is 14.8. The molecule has 0 unspecified atom stereocenters. The standard InChI is InChI=1S/C65H76ClN7O15S2/c1-62(2,3)86-59(78)64(7,8)88-71-50(47-37-90-60(67-47)69-61(79)87-63(4,5)6)55(75)68-51-56(76)72-52(58(77)85-35-41-18-24-45(82-11)25-19-41)42(36-89-57(51)72)32-73(30-12-13-31-73)38-65(28-29-65)70-54(74)46-26-27-48(83-33-39-14-20-43(80-9)21-15-39)53(49(46)66)84-34-40-16-22-44(81-10)23-17-40/h14-27,37,51,57H,12-13,28-36,38H2,1-11H3,(H2-,67,68,69,70,74,75,79)/p+1/b71-50-/t51-,57-/m1/s1. The zero-order chi connectivity index (χ0) is 64.8. The number of carbonyl (C=O) groups excluding carboxylic acids is 6. The monoisotopic (exact) mass is 1290 g/mol. The minimum Gasteiger partial charge on any atom is -0.497 e. The van der Waals surface area contributed by atoms with Crippen molar-refractivity contribution in [1.82, 2.24) is 20.5 Å². The number of benzene rings is 4. The van der Waals surface area contributed by atoms with Crippen molar-refractivity contribution in [3.05, 3.63) is 135 Å². The van der Waals surface area contributed by atoms with Gasteiger partial charge in [-0.3, -0.25) is 24.6 Å². The summed E-state index contributed by atoms with van der Waals surface area (Å²) in [4.78, 5) is 96.3. The maximum Gasteiger partial charge on any atom is 0.413 e. The highest BCUT2D eigenvalue weighted by Gasteiger charge is 2.57. The SMILES string of the molecule is COc1ccc(COC(=O)C2=C(C[N+]3(CC4(NC(=O)c5ccc(OCc6ccc(OC)cc6)c(OCc6ccc(OC)cc6)c5Cl)CC4)CCCC3)CS[C@@H]3[C@H](NC(=O)/C(=N\OC(C)(C)C(=O)OC(C)(C)C)c4csc(NC(=O)OC(C)(C)C)n4)C(=O)N23)cc1. The van der Waals surface area contributed by atoms with Crippen LogP contribution < -0.4 is 39.6 Å². The number of rotatable bonds is 25. The lowest BCUT2D eigenvalue weighted by Gasteiger charge is -2.50. The summed E-state index contributed by atoms with van der Waals surface area (Å²) in [5.41, 5.74) is -1.14. The van der Waals surface area contributed by atoms with Gasteiger partial charge >= 0.3 is 18.0 Å². The predicted octanol–water partition coefficient (Wildman–Crippen LogP) is 10.1. The molecule has 5 aromatic rings. The lowest BCUT2D eigenvalue weighted by atomic mass is 10.0. The number of thioether (sulfide) groups is 1. The van der Waals surface area contributed by atoms with Crippen LogP contribution in [0.2, 0.25) is 5.02 Å². The Morgan fingerprint density at radius 2 is 1.32 bits per heavy atom. The second-order valence-electron chi connectivity index (χ2n) is 25.0. The molecule has 1 saturated carbocycles. The van der Waals surface area contributed by atoms with Gasteiger partial charge in [0.1, 0.15) is 84.2 Å². The van der Waals surface area contributed by atoms with Crippen LogP contribution in [0.5, 0.6) is 28.7 Å². The van der Waals surface area contributed by atoms with E-state index in [9.17, 15) is 28.8 Å². The van der Waals surface area contributed by atoms with Crippen molar-refractivity contribution < 1.29 is 76.0 Å². The van der Waals surface area contributed by atoms with Gasteiger partial charge in [-0.1, -0.05) is 53.2 Å². The molecular weight excluding hydrogens is 1220 g/mol. The summed E-state index contributed by atoms with van der Waals surface area (Å²) in [7, 11) is 4.75. The summed E-state index contributed by atoms with van der Waals surface area (Å²) >= 11 is 9.54. The van der Waals surface area contributed by atoms with Crippen molar-refractivity contribution in [2.24, 2.45) is 5.16 Å². The molecule has 480 valence electrons. The Kier molecular flexibility index (Phi) is 20.3. The van der Waals surface area contributed by atoms with Gasteiger partial charge in [-0.05, 0) is 133 Å². The van der Waals surface area contributed by atoms with Crippen molar-refractivity contribution in [2.75, 3.05) is 58.6 Å². The third-order valence-electron chi connectivity index (χ3n) is 15.2. The molecule has 4 aliphatic rings. The van der Waals surface area contributed by atoms with Gasteiger partial charge in [-0.15, -0.1) is 23.1 Å². The molecule has 1 aromatic heterocycles. The van der Waals surface area contributed by atoms with Gasteiger partial charge in [-0.25, -0.2) is 19.4 Å². The van der Waals surface area contributed by atoms with Crippen molar-refractivity contribution in [3.8, 4) is 28.7 Å². The topological polar surface area (TPSA) is 250 Å². The van der Waals surface area contributed by atoms with Crippen molar-refractivity contribution in [1.29, 1.82) is 0 Å². The maximum atomic E-state index is 14.8. The Labute approximate surface area is 536 Å². The lowest BCUT2D eigenvalue weighted by molar-refractivity contribution is -0.914. The molecule has 22 nitrogen and oxygen atoms in total. The van der Waals surface area contributed by atoms with Crippen LogP contribution in [0.1, 0.15) is 114 Å². The quantitative estimate of drug-likeness (QED) is 0.0123. The number of thiazole rings is 1. The highest BCUT2D eigenvalue weighted by Crippen LogP contribution is 2.46. The Morgan fingerprint density at radius 1 is 0.756 bits per heavy atom. The number of oxime groups is 1. The molecule has 0 bridgehead atoms. The smallest absolute Gasteiger partial charge is 0.413 e. The number of carbonyl (C=O) groups is 6. The summed E-state index contributed by atoms with van der Waals surface area (Å²) in [6.45, 7) is 15.6. The molecule has 3 fully saturated rings. The number of ether oxygens (including phenoxy) is 8. The number of nitrogens with zero attached hydrogens (tertiary/aromatic N) is 4. The van der Waals surface area contributed by atoms with E-state index in [-0.39, 0.29) is 64.3 Å². The molecule has 2 atom stereocenters. The molecule has 4 aromatic carbocycles. The average Bonchev–Trinajstić information content (AvgIpc) is 1.18. The molecule has 4 amide bonds. The number of nitrogens with one attached hydrogen (secondary N) is 3. The normalized spacial score (nSPS) is 17.6. The van der Waals surface area contributed by atoms with Crippen LogP contribution in [0, 0.1) is 0 Å². The first-order valence-electron chi connectivity index (χ1n) is 29.4. The number of anilines is 1. The molecule has 2 saturated heterocycles. The van der Waals surface area contributed by atoms with Gasteiger partial charge < -0.3 is 57.8 Å². The van der Waals surface area contributed by atoms with Gasteiger partial charge in [0, 0.05) is 29.5 Å². The first-order valence-corrected chi connectivity index (χ1v) is 31.7. The number of amides is 4. The molecule has 0 radical (unpaired) electrons. The number of quaternary nitrogens is 1. The van der Waals surface area contributed by atoms with Crippen molar-refractivity contribution in [2.45, 2.75) is 135 Å². The second kappa shape index (κ2) is 27.6. The van der Waals surface area contributed by atoms with E-state index in [0.29, 0.717) is 64.5 Å². The Bertz CT molecular complexity index is 3530. The van der Waals surface area contributed by atoms with Crippen LogP contribution in [-0.4, -0.2) is 143 Å². The van der Waals surface area contributed by atoms with Crippen LogP contribution in [-0.2, 0) is 58.0 Å². The number of fused-ring (bicyclic) bond motifs is 1. The fourth-order valence-electron chi connectivity index (χ4n) is 10.5. The molecule has 4 heterocycles. The van der Waals surface area contributed by atoms with E-state index in [0.717, 1.165) is 48.4 Å². The highest BCUT2D eigenvalue weighted by atomic mass is 35.5. The van der Waals surface area contributed by atoms with E-state index in [1.54, 1.807) is 99.3 Å². The predicted molar refractivity (Wildman–Crippen MR) is 339 cm³/mol. The lowest BCUT2D eigenvalue weighted by Crippen LogP contribution is -2.71. The molecule has 3 aliphatic heterocycles. The second-order valence-corrected chi connectivity index (χ2v) is 27.4.